The number of hydrogen-bond acceptors (Lipinski definition) is 3. The molecule has 0 fully saturated rings. The van der Waals surface area contributed by atoms with E-state index in [0.717, 1.165) is 5.56 Å². The van der Waals surface area contributed by atoms with Gasteiger partial charge in [-0.05, 0) is 36.8 Å². The lowest BCUT2D eigenvalue weighted by Gasteiger charge is -2.26. The summed E-state index contributed by atoms with van der Waals surface area (Å²) in [5.74, 6) is -0.532. The molecule has 0 saturated carbocycles. The van der Waals surface area contributed by atoms with Gasteiger partial charge in [0.2, 0.25) is 0 Å². The monoisotopic (exact) mass is 324 g/mol. The lowest BCUT2D eigenvalue weighted by Crippen LogP contribution is -2.23. The number of carboxylic acid groups (broad SMARTS) is 1. The largest absolute Gasteiger partial charge is 0.478 e. The van der Waals surface area contributed by atoms with Crippen molar-refractivity contribution < 1.29 is 9.90 Å². The Morgan fingerprint density at radius 3 is 2.43 bits per heavy atom. The van der Waals surface area contributed by atoms with Gasteiger partial charge < -0.3 is 10.0 Å². The molecule has 4 nitrogen and oxygen atoms in total. The van der Waals surface area contributed by atoms with Crippen LogP contribution >= 0.6 is 23.2 Å². The van der Waals surface area contributed by atoms with Gasteiger partial charge in [0.15, 0.2) is 0 Å². The molecule has 1 heterocycles. The van der Waals surface area contributed by atoms with Crippen LogP contribution in [0.25, 0.3) is 0 Å². The van der Waals surface area contributed by atoms with Crippen molar-refractivity contribution in [3.05, 3.63) is 57.7 Å². The molecule has 2 aromatic rings. The van der Waals surface area contributed by atoms with E-state index in [1.165, 1.54) is 12.1 Å². The second-order valence-electron chi connectivity index (χ2n) is 4.68. The van der Waals surface area contributed by atoms with E-state index in [4.69, 9.17) is 28.3 Å². The first-order chi connectivity index (χ1) is 9.88. The lowest BCUT2D eigenvalue weighted by molar-refractivity contribution is 0.0697. The van der Waals surface area contributed by atoms with Crippen LogP contribution in [0.4, 0.5) is 5.82 Å². The van der Waals surface area contributed by atoms with Gasteiger partial charge >= 0.3 is 5.97 Å². The second-order valence-corrected chi connectivity index (χ2v) is 5.50. The first-order valence-corrected chi connectivity index (χ1v) is 7.03. The summed E-state index contributed by atoms with van der Waals surface area (Å²) in [6.45, 7) is 1.99. The number of nitrogens with zero attached hydrogens (tertiary/aromatic N) is 2. The molecule has 1 N–H and O–H groups in total. The predicted octanol–water partition coefficient (Wildman–Crippen LogP) is 4.28. The highest BCUT2D eigenvalue weighted by molar-refractivity contribution is 6.30. The average molecular weight is 325 g/mol. The summed E-state index contributed by atoms with van der Waals surface area (Å²) in [5.41, 5.74) is 1.15. The molecular weight excluding hydrogens is 311 g/mol. The van der Waals surface area contributed by atoms with Gasteiger partial charge in [-0.3, -0.25) is 0 Å². The fourth-order valence-corrected chi connectivity index (χ4v) is 2.28. The molecule has 110 valence electrons. The van der Waals surface area contributed by atoms with E-state index in [-0.39, 0.29) is 16.8 Å². The summed E-state index contributed by atoms with van der Waals surface area (Å²) in [7, 11) is 1.84. The normalized spacial score (nSPS) is 12.0. The summed E-state index contributed by atoms with van der Waals surface area (Å²) in [6, 6.07) is 10.3. The third kappa shape index (κ3) is 3.65. The minimum atomic E-state index is -1.03. The SMILES string of the molecule is CC(c1ccc(Cl)cc1)N(C)c1cc(C(=O)O)cc(Cl)n1. The van der Waals surface area contributed by atoms with Crippen LogP contribution in [-0.4, -0.2) is 23.1 Å². The van der Waals surface area contributed by atoms with Crippen molar-refractivity contribution in [1.29, 1.82) is 0 Å². The number of benzene rings is 1. The number of anilines is 1. The van der Waals surface area contributed by atoms with Crippen molar-refractivity contribution in [1.82, 2.24) is 4.98 Å². The number of carboxylic acids is 1. The minimum absolute atomic E-state index is 0.00474. The van der Waals surface area contributed by atoms with E-state index in [1.807, 2.05) is 43.1 Å². The Labute approximate surface area is 132 Å². The number of rotatable bonds is 4. The first kappa shape index (κ1) is 15.6. The van der Waals surface area contributed by atoms with Crippen LogP contribution < -0.4 is 4.90 Å². The molecule has 21 heavy (non-hydrogen) atoms. The number of carbonyl (C=O) groups is 1. The van der Waals surface area contributed by atoms with Crippen molar-refractivity contribution in [3.63, 3.8) is 0 Å². The third-order valence-corrected chi connectivity index (χ3v) is 3.77. The Morgan fingerprint density at radius 1 is 1.24 bits per heavy atom. The van der Waals surface area contributed by atoms with Gasteiger partial charge in [-0.2, -0.15) is 0 Å². The van der Waals surface area contributed by atoms with Crippen molar-refractivity contribution in [2.75, 3.05) is 11.9 Å². The third-order valence-electron chi connectivity index (χ3n) is 3.32. The topological polar surface area (TPSA) is 53.4 Å². The number of aromatic carboxylic acids is 1. The Kier molecular flexibility index (Phi) is 4.70. The number of pyridine rings is 1. The molecule has 0 aliphatic rings. The molecule has 0 saturated heterocycles. The highest BCUT2D eigenvalue weighted by Crippen LogP contribution is 2.26. The molecule has 1 unspecified atom stereocenters. The maximum atomic E-state index is 11.1. The molecule has 2 rings (SSSR count). The highest BCUT2D eigenvalue weighted by Gasteiger charge is 2.16. The summed E-state index contributed by atoms with van der Waals surface area (Å²) >= 11 is 11.8. The van der Waals surface area contributed by atoms with E-state index in [1.54, 1.807) is 0 Å². The quantitative estimate of drug-likeness (QED) is 0.852. The van der Waals surface area contributed by atoms with Crippen LogP contribution in [0.15, 0.2) is 36.4 Å². The number of aromatic nitrogens is 1. The maximum absolute atomic E-state index is 11.1. The van der Waals surface area contributed by atoms with Crippen LogP contribution in [0.2, 0.25) is 10.2 Å². The molecule has 0 radical (unpaired) electrons. The maximum Gasteiger partial charge on any atom is 0.335 e. The van der Waals surface area contributed by atoms with Crippen molar-refractivity contribution in [3.8, 4) is 0 Å². The molecule has 0 aliphatic carbocycles. The Hall–Kier alpha value is -1.78. The van der Waals surface area contributed by atoms with Gasteiger partial charge in [-0.15, -0.1) is 0 Å². The summed E-state index contributed by atoms with van der Waals surface area (Å²) in [5, 5.41) is 9.90. The standard InChI is InChI=1S/C15H14Cl2N2O2/c1-9(10-3-5-12(16)6-4-10)19(2)14-8-11(15(20)21)7-13(17)18-14/h3-9H,1-2H3,(H,20,21). The van der Waals surface area contributed by atoms with Crippen LogP contribution in [0.5, 0.6) is 0 Å². The fourth-order valence-electron chi connectivity index (χ4n) is 1.95. The molecule has 0 aliphatic heterocycles. The summed E-state index contributed by atoms with van der Waals surface area (Å²) < 4.78 is 0. The predicted molar refractivity (Wildman–Crippen MR) is 84.5 cm³/mol. The van der Waals surface area contributed by atoms with E-state index >= 15 is 0 Å². The minimum Gasteiger partial charge on any atom is -0.478 e. The van der Waals surface area contributed by atoms with Gasteiger partial charge in [0, 0.05) is 12.1 Å². The summed E-state index contributed by atoms with van der Waals surface area (Å²) in [6.07, 6.45) is 0. The van der Waals surface area contributed by atoms with Crippen LogP contribution in [0.1, 0.15) is 28.9 Å². The number of halogens is 2. The van der Waals surface area contributed by atoms with Gasteiger partial charge in [0.05, 0.1) is 11.6 Å². The Morgan fingerprint density at radius 2 is 1.86 bits per heavy atom. The molecule has 1 atom stereocenters. The molecule has 6 heteroatoms. The summed E-state index contributed by atoms with van der Waals surface area (Å²) in [4.78, 5) is 17.1. The highest BCUT2D eigenvalue weighted by atomic mass is 35.5. The van der Waals surface area contributed by atoms with E-state index in [2.05, 4.69) is 4.98 Å². The zero-order valence-electron chi connectivity index (χ0n) is 11.5. The average Bonchev–Trinajstić information content (AvgIpc) is 2.45. The lowest BCUT2D eigenvalue weighted by atomic mass is 10.1. The molecule has 0 spiro atoms. The second kappa shape index (κ2) is 6.33. The molecule has 1 aromatic carbocycles. The zero-order valence-corrected chi connectivity index (χ0v) is 13.1. The van der Waals surface area contributed by atoms with Crippen molar-refractivity contribution in [2.24, 2.45) is 0 Å². The molecule has 0 amide bonds. The van der Waals surface area contributed by atoms with E-state index < -0.39 is 5.97 Å². The van der Waals surface area contributed by atoms with Crippen LogP contribution in [0.3, 0.4) is 0 Å². The fraction of sp³-hybridized carbons (Fsp3) is 0.200. The first-order valence-electron chi connectivity index (χ1n) is 6.27. The molecule has 1 aromatic heterocycles. The molecule has 0 bridgehead atoms. The van der Waals surface area contributed by atoms with Crippen molar-refractivity contribution in [2.45, 2.75) is 13.0 Å². The van der Waals surface area contributed by atoms with Gasteiger partial charge in [-0.25, -0.2) is 9.78 Å². The van der Waals surface area contributed by atoms with Gasteiger partial charge in [-0.1, -0.05) is 35.3 Å². The van der Waals surface area contributed by atoms with E-state index in [9.17, 15) is 4.79 Å². The van der Waals surface area contributed by atoms with Crippen LogP contribution in [-0.2, 0) is 0 Å². The zero-order chi connectivity index (χ0) is 15.6. The smallest absolute Gasteiger partial charge is 0.335 e. The van der Waals surface area contributed by atoms with Crippen LogP contribution in [0, 0.1) is 0 Å². The Balaban J connectivity index is 2.32. The van der Waals surface area contributed by atoms with Gasteiger partial charge in [0.1, 0.15) is 11.0 Å². The molecular formula is C15H14Cl2N2O2. The Bertz CT molecular complexity index is 659. The van der Waals surface area contributed by atoms with Gasteiger partial charge in [0.25, 0.3) is 0 Å². The van der Waals surface area contributed by atoms with E-state index in [0.29, 0.717) is 10.8 Å². The number of hydrogen-bond donors (Lipinski definition) is 1. The van der Waals surface area contributed by atoms with Crippen molar-refractivity contribution >= 4 is 35.0 Å².